The Morgan fingerprint density at radius 3 is 2.46 bits per heavy atom. The first-order valence-electron chi connectivity index (χ1n) is 9.42. The van der Waals surface area contributed by atoms with Crippen molar-refractivity contribution in [2.45, 2.75) is 24.9 Å². The molecule has 0 spiro atoms. The van der Waals surface area contributed by atoms with Gasteiger partial charge in [-0.2, -0.15) is 0 Å². The zero-order chi connectivity index (χ0) is 17.8. The second-order valence-electron chi connectivity index (χ2n) is 7.44. The molecule has 1 fully saturated rings. The number of hydrogen-bond donors (Lipinski definition) is 0. The van der Waals surface area contributed by atoms with Gasteiger partial charge < -0.3 is 9.64 Å². The Morgan fingerprint density at radius 1 is 0.923 bits per heavy atom. The van der Waals surface area contributed by atoms with Gasteiger partial charge in [0, 0.05) is 10.8 Å². The number of para-hydroxylation sites is 1. The molecule has 3 heteroatoms. The van der Waals surface area contributed by atoms with Crippen molar-refractivity contribution in [2.24, 2.45) is 0 Å². The smallest absolute Gasteiger partial charge is 0.0888 e. The first kappa shape index (κ1) is 17.2. The molecule has 0 aliphatic carbocycles. The monoisotopic (exact) mass is 346 g/mol. The fourth-order valence-electron chi connectivity index (χ4n) is 3.89. The van der Waals surface area contributed by atoms with Crippen LogP contribution in [-0.2, 0) is 16.8 Å². The molecule has 0 bridgehead atoms. The molecule has 3 nitrogen and oxygen atoms in total. The second kappa shape index (κ2) is 7.56. The van der Waals surface area contributed by atoms with Gasteiger partial charge in [0.25, 0.3) is 0 Å². The standard InChI is InChI=1S/C23H26N2O/c1-25-15-13-23(14-16-25,20-8-3-2-4-9-20)18-26-17-21-12-11-19-7-5-6-10-22(19)24-21/h2-12H,13-18H2,1H3. The summed E-state index contributed by atoms with van der Waals surface area (Å²) in [6, 6.07) is 23.3. The first-order chi connectivity index (χ1) is 12.8. The van der Waals surface area contributed by atoms with Crippen molar-refractivity contribution in [1.29, 1.82) is 0 Å². The van der Waals surface area contributed by atoms with Crippen LogP contribution in [0.3, 0.4) is 0 Å². The Bertz CT molecular complexity index is 854. The van der Waals surface area contributed by atoms with E-state index in [1.165, 1.54) is 10.9 Å². The lowest BCUT2D eigenvalue weighted by atomic mass is 9.73. The van der Waals surface area contributed by atoms with Crippen molar-refractivity contribution >= 4 is 10.9 Å². The highest BCUT2D eigenvalue weighted by molar-refractivity contribution is 5.78. The van der Waals surface area contributed by atoms with Crippen LogP contribution in [-0.4, -0.2) is 36.6 Å². The maximum atomic E-state index is 6.22. The number of benzene rings is 2. The summed E-state index contributed by atoms with van der Waals surface area (Å²) in [5.74, 6) is 0. The molecule has 0 unspecified atom stereocenters. The Labute approximate surface area is 155 Å². The van der Waals surface area contributed by atoms with Crippen LogP contribution in [0.5, 0.6) is 0 Å². The van der Waals surface area contributed by atoms with E-state index < -0.39 is 0 Å². The normalized spacial score (nSPS) is 17.4. The number of nitrogens with zero attached hydrogens (tertiary/aromatic N) is 2. The number of pyridine rings is 1. The van der Waals surface area contributed by atoms with E-state index in [0.717, 1.165) is 43.7 Å². The highest BCUT2D eigenvalue weighted by Crippen LogP contribution is 2.35. The van der Waals surface area contributed by atoms with E-state index in [-0.39, 0.29) is 5.41 Å². The molecule has 134 valence electrons. The number of likely N-dealkylation sites (tertiary alicyclic amines) is 1. The third-order valence-corrected chi connectivity index (χ3v) is 5.61. The number of ether oxygens (including phenoxy) is 1. The maximum Gasteiger partial charge on any atom is 0.0888 e. The molecule has 3 aromatic rings. The van der Waals surface area contributed by atoms with Crippen molar-refractivity contribution in [3.63, 3.8) is 0 Å². The molecule has 0 atom stereocenters. The molecular weight excluding hydrogens is 320 g/mol. The van der Waals surface area contributed by atoms with Crippen molar-refractivity contribution in [3.8, 4) is 0 Å². The minimum Gasteiger partial charge on any atom is -0.374 e. The molecule has 1 aromatic heterocycles. The second-order valence-corrected chi connectivity index (χ2v) is 7.44. The molecule has 1 aliphatic heterocycles. The van der Waals surface area contributed by atoms with Crippen LogP contribution in [0.25, 0.3) is 10.9 Å². The Hall–Kier alpha value is -2.23. The van der Waals surface area contributed by atoms with E-state index in [1.54, 1.807) is 0 Å². The average molecular weight is 346 g/mol. The van der Waals surface area contributed by atoms with E-state index in [0.29, 0.717) is 6.61 Å². The predicted molar refractivity (Wildman–Crippen MR) is 106 cm³/mol. The van der Waals surface area contributed by atoms with Crippen LogP contribution >= 0.6 is 0 Å². The summed E-state index contributed by atoms with van der Waals surface area (Å²) in [7, 11) is 2.20. The molecule has 1 aliphatic rings. The summed E-state index contributed by atoms with van der Waals surface area (Å²) < 4.78 is 6.22. The largest absolute Gasteiger partial charge is 0.374 e. The number of rotatable bonds is 5. The number of hydrogen-bond acceptors (Lipinski definition) is 3. The molecule has 4 rings (SSSR count). The van der Waals surface area contributed by atoms with E-state index in [9.17, 15) is 0 Å². The summed E-state index contributed by atoms with van der Waals surface area (Å²) in [5, 5.41) is 1.17. The zero-order valence-corrected chi connectivity index (χ0v) is 15.4. The molecule has 0 amide bonds. The van der Waals surface area contributed by atoms with E-state index in [4.69, 9.17) is 9.72 Å². The summed E-state index contributed by atoms with van der Waals surface area (Å²) in [4.78, 5) is 7.14. The van der Waals surface area contributed by atoms with Gasteiger partial charge in [0.05, 0.1) is 24.4 Å². The minimum atomic E-state index is 0.116. The van der Waals surface area contributed by atoms with Gasteiger partial charge in [-0.25, -0.2) is 0 Å². The van der Waals surface area contributed by atoms with Crippen molar-refractivity contribution in [3.05, 3.63) is 78.0 Å². The quantitative estimate of drug-likeness (QED) is 0.684. The Morgan fingerprint density at radius 2 is 1.65 bits per heavy atom. The Balaban J connectivity index is 1.48. The molecule has 0 saturated carbocycles. The lowest BCUT2D eigenvalue weighted by Gasteiger charge is -2.41. The Kier molecular flexibility index (Phi) is 5.00. The number of aromatic nitrogens is 1. The molecular formula is C23H26N2O. The molecule has 26 heavy (non-hydrogen) atoms. The van der Waals surface area contributed by atoms with Gasteiger partial charge in [0.2, 0.25) is 0 Å². The minimum absolute atomic E-state index is 0.116. The zero-order valence-electron chi connectivity index (χ0n) is 15.4. The van der Waals surface area contributed by atoms with E-state index >= 15 is 0 Å². The summed E-state index contributed by atoms with van der Waals surface area (Å²) in [5.41, 5.74) is 3.55. The topological polar surface area (TPSA) is 25.4 Å². The van der Waals surface area contributed by atoms with Gasteiger partial charge in [-0.05, 0) is 50.7 Å². The molecule has 0 radical (unpaired) electrons. The van der Waals surface area contributed by atoms with Crippen LogP contribution in [0, 0.1) is 0 Å². The molecule has 2 heterocycles. The summed E-state index contributed by atoms with van der Waals surface area (Å²) >= 11 is 0. The van der Waals surface area contributed by atoms with Gasteiger partial charge in [-0.1, -0.05) is 54.6 Å². The van der Waals surface area contributed by atoms with Crippen LogP contribution in [0.2, 0.25) is 0 Å². The SMILES string of the molecule is CN1CCC(COCc2ccc3ccccc3n2)(c2ccccc2)CC1. The van der Waals surface area contributed by atoms with Gasteiger partial charge in [-0.15, -0.1) is 0 Å². The van der Waals surface area contributed by atoms with Crippen LogP contribution in [0.15, 0.2) is 66.7 Å². The number of piperidine rings is 1. The average Bonchev–Trinajstić information content (AvgIpc) is 2.70. The van der Waals surface area contributed by atoms with Crippen molar-refractivity contribution in [1.82, 2.24) is 9.88 Å². The lowest BCUT2D eigenvalue weighted by molar-refractivity contribution is 0.0395. The first-order valence-corrected chi connectivity index (χ1v) is 9.42. The third-order valence-electron chi connectivity index (χ3n) is 5.61. The summed E-state index contributed by atoms with van der Waals surface area (Å²) in [6.45, 7) is 3.55. The van der Waals surface area contributed by atoms with Gasteiger partial charge >= 0.3 is 0 Å². The fraction of sp³-hybridized carbons (Fsp3) is 0.348. The maximum absolute atomic E-state index is 6.22. The van der Waals surface area contributed by atoms with Crippen molar-refractivity contribution in [2.75, 3.05) is 26.7 Å². The van der Waals surface area contributed by atoms with Crippen LogP contribution < -0.4 is 0 Å². The van der Waals surface area contributed by atoms with Gasteiger partial charge in [-0.3, -0.25) is 4.98 Å². The van der Waals surface area contributed by atoms with Crippen LogP contribution in [0.4, 0.5) is 0 Å². The van der Waals surface area contributed by atoms with Crippen molar-refractivity contribution < 1.29 is 4.74 Å². The van der Waals surface area contributed by atoms with Gasteiger partial charge in [0.15, 0.2) is 0 Å². The molecule has 0 N–H and O–H groups in total. The van der Waals surface area contributed by atoms with Gasteiger partial charge in [0.1, 0.15) is 0 Å². The molecule has 2 aromatic carbocycles. The number of fused-ring (bicyclic) bond motifs is 1. The van der Waals surface area contributed by atoms with E-state index in [2.05, 4.69) is 66.5 Å². The predicted octanol–water partition coefficient (Wildman–Crippen LogP) is 4.42. The summed E-state index contributed by atoms with van der Waals surface area (Å²) in [6.07, 6.45) is 2.28. The fourth-order valence-corrected chi connectivity index (χ4v) is 3.89. The highest BCUT2D eigenvalue weighted by atomic mass is 16.5. The van der Waals surface area contributed by atoms with Crippen LogP contribution in [0.1, 0.15) is 24.1 Å². The molecule has 1 saturated heterocycles. The van der Waals surface area contributed by atoms with E-state index in [1.807, 2.05) is 12.1 Å². The third kappa shape index (κ3) is 3.64. The lowest BCUT2D eigenvalue weighted by Crippen LogP contribution is -2.43. The highest BCUT2D eigenvalue weighted by Gasteiger charge is 2.35.